The van der Waals surface area contributed by atoms with E-state index in [9.17, 15) is 4.79 Å². The second kappa shape index (κ2) is 10.7. The third-order valence-corrected chi connectivity index (χ3v) is 4.86. The van der Waals surface area contributed by atoms with Gasteiger partial charge in [-0.05, 0) is 61.7 Å². The number of nitrogens with one attached hydrogen (secondary N) is 2. The van der Waals surface area contributed by atoms with Crippen LogP contribution in [0.4, 0.5) is 0 Å². The van der Waals surface area contributed by atoms with E-state index in [1.807, 2.05) is 0 Å². The molecule has 1 heterocycles. The zero-order valence-corrected chi connectivity index (χ0v) is 15.3. The average Bonchev–Trinajstić information content (AvgIpc) is 2.56. The van der Waals surface area contributed by atoms with Crippen molar-refractivity contribution in [1.82, 2.24) is 10.6 Å². The van der Waals surface area contributed by atoms with E-state index < -0.39 is 0 Å². The first-order valence-electron chi connectivity index (χ1n) is 8.74. The summed E-state index contributed by atoms with van der Waals surface area (Å²) in [6.07, 6.45) is 5.07. The van der Waals surface area contributed by atoms with Gasteiger partial charge in [-0.1, -0.05) is 38.1 Å². The summed E-state index contributed by atoms with van der Waals surface area (Å²) in [5.41, 5.74) is 2.66. The molecule has 0 aromatic heterocycles. The number of halogens is 1. The predicted octanol–water partition coefficient (Wildman–Crippen LogP) is 3.36. The van der Waals surface area contributed by atoms with Crippen molar-refractivity contribution >= 4 is 18.3 Å². The molecule has 2 N–H and O–H groups in total. The fourth-order valence-corrected chi connectivity index (χ4v) is 3.23. The molecule has 1 aliphatic rings. The Morgan fingerprint density at radius 3 is 2.43 bits per heavy atom. The highest BCUT2D eigenvalue weighted by Crippen LogP contribution is 2.24. The molecule has 1 amide bonds. The molecule has 1 unspecified atom stereocenters. The molecule has 3 nitrogen and oxygen atoms in total. The van der Waals surface area contributed by atoms with E-state index in [0.29, 0.717) is 18.3 Å². The van der Waals surface area contributed by atoms with Crippen molar-refractivity contribution in [2.75, 3.05) is 19.6 Å². The summed E-state index contributed by atoms with van der Waals surface area (Å²) in [7, 11) is 0. The van der Waals surface area contributed by atoms with Gasteiger partial charge in [0.2, 0.25) is 5.91 Å². The number of amides is 1. The zero-order valence-electron chi connectivity index (χ0n) is 14.4. The lowest BCUT2D eigenvalue weighted by molar-refractivity contribution is -0.122. The van der Waals surface area contributed by atoms with Crippen molar-refractivity contribution in [3.05, 3.63) is 35.4 Å². The summed E-state index contributed by atoms with van der Waals surface area (Å²) in [5, 5.41) is 6.46. The maximum Gasteiger partial charge on any atom is 0.220 e. The SMILES string of the molecule is CCc1ccc(CCNC(=O)CC(C)C2CCNCC2)cc1.Cl. The highest BCUT2D eigenvalue weighted by molar-refractivity contribution is 5.85. The second-order valence-electron chi connectivity index (χ2n) is 6.54. The van der Waals surface area contributed by atoms with Crippen LogP contribution in [-0.2, 0) is 17.6 Å². The molecule has 1 aromatic rings. The van der Waals surface area contributed by atoms with Crippen molar-refractivity contribution < 1.29 is 4.79 Å². The largest absolute Gasteiger partial charge is 0.356 e. The van der Waals surface area contributed by atoms with Gasteiger partial charge in [-0.2, -0.15) is 0 Å². The van der Waals surface area contributed by atoms with Crippen LogP contribution >= 0.6 is 12.4 Å². The molecule has 1 aliphatic heterocycles. The van der Waals surface area contributed by atoms with Crippen molar-refractivity contribution in [1.29, 1.82) is 0 Å². The van der Waals surface area contributed by atoms with E-state index in [4.69, 9.17) is 0 Å². The van der Waals surface area contributed by atoms with Gasteiger partial charge in [0.25, 0.3) is 0 Å². The molecule has 130 valence electrons. The van der Waals surface area contributed by atoms with E-state index in [2.05, 4.69) is 48.7 Å². The quantitative estimate of drug-likeness (QED) is 0.800. The molecular formula is C19H31ClN2O. The number of hydrogen-bond donors (Lipinski definition) is 2. The summed E-state index contributed by atoms with van der Waals surface area (Å²) in [4.78, 5) is 12.1. The smallest absolute Gasteiger partial charge is 0.220 e. The molecule has 1 saturated heterocycles. The first-order chi connectivity index (χ1) is 10.7. The Balaban J connectivity index is 0.00000264. The molecule has 0 spiro atoms. The standard InChI is InChI=1S/C19H30N2O.ClH/c1-3-16-4-6-17(7-5-16)8-13-21-19(22)14-15(2)18-9-11-20-12-10-18;/h4-7,15,18,20H,3,8-14H2,1-2H3,(H,21,22);1H. The van der Waals surface area contributed by atoms with Crippen LogP contribution in [0.15, 0.2) is 24.3 Å². The van der Waals surface area contributed by atoms with Crippen LogP contribution in [0.1, 0.15) is 44.2 Å². The van der Waals surface area contributed by atoms with Gasteiger partial charge in [0.1, 0.15) is 0 Å². The zero-order chi connectivity index (χ0) is 15.8. The fraction of sp³-hybridized carbons (Fsp3) is 0.632. The second-order valence-corrected chi connectivity index (χ2v) is 6.54. The highest BCUT2D eigenvalue weighted by atomic mass is 35.5. The van der Waals surface area contributed by atoms with Crippen LogP contribution in [-0.4, -0.2) is 25.5 Å². The van der Waals surface area contributed by atoms with Crippen LogP contribution in [0.3, 0.4) is 0 Å². The Bertz CT molecular complexity index is 455. The number of carbonyl (C=O) groups excluding carboxylic acids is 1. The molecule has 4 heteroatoms. The van der Waals surface area contributed by atoms with Crippen molar-refractivity contribution in [3.8, 4) is 0 Å². The number of rotatable bonds is 7. The first kappa shape index (κ1) is 20.0. The Hall–Kier alpha value is -1.06. The Labute approximate surface area is 147 Å². The summed E-state index contributed by atoms with van der Waals surface area (Å²) in [6, 6.07) is 8.69. The molecule has 0 bridgehead atoms. The van der Waals surface area contributed by atoms with E-state index in [1.54, 1.807) is 0 Å². The molecule has 0 radical (unpaired) electrons. The number of piperidine rings is 1. The van der Waals surface area contributed by atoms with E-state index in [1.165, 1.54) is 24.0 Å². The molecule has 23 heavy (non-hydrogen) atoms. The van der Waals surface area contributed by atoms with E-state index in [-0.39, 0.29) is 18.3 Å². The summed E-state index contributed by atoms with van der Waals surface area (Å²) >= 11 is 0. The highest BCUT2D eigenvalue weighted by Gasteiger charge is 2.21. The average molecular weight is 339 g/mol. The van der Waals surface area contributed by atoms with Crippen LogP contribution in [0, 0.1) is 11.8 Å². The minimum Gasteiger partial charge on any atom is -0.356 e. The topological polar surface area (TPSA) is 41.1 Å². The van der Waals surface area contributed by atoms with Crippen molar-refractivity contribution in [3.63, 3.8) is 0 Å². The monoisotopic (exact) mass is 338 g/mol. The maximum atomic E-state index is 12.1. The lowest BCUT2D eigenvalue weighted by atomic mass is 9.84. The first-order valence-corrected chi connectivity index (χ1v) is 8.74. The summed E-state index contributed by atoms with van der Waals surface area (Å²) < 4.78 is 0. The third-order valence-electron chi connectivity index (χ3n) is 4.86. The van der Waals surface area contributed by atoms with Crippen LogP contribution < -0.4 is 10.6 Å². The summed E-state index contributed by atoms with van der Waals surface area (Å²) in [5.74, 6) is 1.40. The number of hydrogen-bond acceptors (Lipinski definition) is 2. The molecule has 0 saturated carbocycles. The van der Waals surface area contributed by atoms with Gasteiger partial charge in [0.15, 0.2) is 0 Å². The third kappa shape index (κ3) is 6.92. The lowest BCUT2D eigenvalue weighted by Crippen LogP contribution is -2.34. The number of aryl methyl sites for hydroxylation is 1. The van der Waals surface area contributed by atoms with Crippen molar-refractivity contribution in [2.45, 2.75) is 46.0 Å². The molecule has 1 atom stereocenters. The van der Waals surface area contributed by atoms with Gasteiger partial charge < -0.3 is 10.6 Å². The minimum atomic E-state index is 0. The van der Waals surface area contributed by atoms with Gasteiger partial charge in [-0.25, -0.2) is 0 Å². The van der Waals surface area contributed by atoms with Crippen LogP contribution in [0.2, 0.25) is 0 Å². The van der Waals surface area contributed by atoms with Gasteiger partial charge in [-0.3, -0.25) is 4.79 Å². The van der Waals surface area contributed by atoms with Gasteiger partial charge in [0, 0.05) is 13.0 Å². The lowest BCUT2D eigenvalue weighted by Gasteiger charge is -2.27. The number of benzene rings is 1. The Morgan fingerprint density at radius 2 is 1.83 bits per heavy atom. The molecule has 1 aromatic carbocycles. The van der Waals surface area contributed by atoms with Crippen LogP contribution in [0.5, 0.6) is 0 Å². The van der Waals surface area contributed by atoms with Gasteiger partial charge >= 0.3 is 0 Å². The van der Waals surface area contributed by atoms with Crippen molar-refractivity contribution in [2.24, 2.45) is 11.8 Å². The van der Waals surface area contributed by atoms with Gasteiger partial charge in [-0.15, -0.1) is 12.4 Å². The van der Waals surface area contributed by atoms with Crippen LogP contribution in [0.25, 0.3) is 0 Å². The molecule has 1 fully saturated rings. The molecule has 2 rings (SSSR count). The van der Waals surface area contributed by atoms with E-state index >= 15 is 0 Å². The predicted molar refractivity (Wildman–Crippen MR) is 99.2 cm³/mol. The summed E-state index contributed by atoms with van der Waals surface area (Å²) in [6.45, 7) is 7.33. The number of carbonyl (C=O) groups is 1. The maximum absolute atomic E-state index is 12.1. The normalized spacial score (nSPS) is 16.4. The Kier molecular flexibility index (Phi) is 9.27. The minimum absolute atomic E-state index is 0. The molecular weight excluding hydrogens is 308 g/mol. The molecule has 0 aliphatic carbocycles. The van der Waals surface area contributed by atoms with E-state index in [0.717, 1.165) is 32.5 Å². The fourth-order valence-electron chi connectivity index (χ4n) is 3.23. The Morgan fingerprint density at radius 1 is 1.22 bits per heavy atom. The van der Waals surface area contributed by atoms with Gasteiger partial charge in [0.05, 0.1) is 0 Å².